The Morgan fingerprint density at radius 1 is 1.16 bits per heavy atom. The molecule has 19 heavy (non-hydrogen) atoms. The van der Waals surface area contributed by atoms with Gasteiger partial charge in [-0.05, 0) is 30.9 Å². The minimum Gasteiger partial charge on any atom is -0.441 e. The molecule has 1 unspecified atom stereocenters. The van der Waals surface area contributed by atoms with Crippen LogP contribution in [-0.4, -0.2) is 10.4 Å². The Hall–Kier alpha value is -1.02. The zero-order valence-corrected chi connectivity index (χ0v) is 12.5. The van der Waals surface area contributed by atoms with Crippen LogP contribution < -0.4 is 0 Å². The van der Waals surface area contributed by atoms with Crippen molar-refractivity contribution < 1.29 is 4.42 Å². The first-order valence-electron chi connectivity index (χ1n) is 7.23. The monoisotopic (exact) mass is 279 g/mol. The molecule has 1 aromatic heterocycles. The number of benzene rings is 1. The summed E-state index contributed by atoms with van der Waals surface area (Å²) >= 11 is 6.57. The molecule has 3 heteroatoms. The van der Waals surface area contributed by atoms with E-state index in [0.29, 0.717) is 5.92 Å². The van der Waals surface area contributed by atoms with Gasteiger partial charge in [0.15, 0.2) is 11.5 Å². The van der Waals surface area contributed by atoms with Crippen LogP contribution in [0.1, 0.15) is 45.4 Å². The fourth-order valence-electron chi connectivity index (χ4n) is 2.59. The van der Waals surface area contributed by atoms with E-state index in [1.54, 1.807) is 0 Å². The van der Waals surface area contributed by atoms with Crippen LogP contribution in [0.2, 0.25) is 0 Å². The first-order chi connectivity index (χ1) is 9.24. The Morgan fingerprint density at radius 2 is 1.84 bits per heavy atom. The van der Waals surface area contributed by atoms with E-state index in [4.69, 9.17) is 16.0 Å². The molecular weight excluding hydrogens is 258 g/mol. The standard InChI is InChI=1S/C16H22ClNO/c1-3-7-12(8-4-2)13(17)11-16-18-14-9-5-6-10-15(14)19-16/h5-6,9-10,12-13H,3-4,7-8,11H2,1-2H3. The number of oxazole rings is 1. The van der Waals surface area contributed by atoms with Crippen molar-refractivity contribution in [1.82, 2.24) is 4.98 Å². The van der Waals surface area contributed by atoms with Gasteiger partial charge in [-0.1, -0.05) is 38.8 Å². The first-order valence-corrected chi connectivity index (χ1v) is 7.66. The fourth-order valence-corrected chi connectivity index (χ4v) is 2.97. The third-order valence-corrected chi connectivity index (χ3v) is 4.05. The highest BCUT2D eigenvalue weighted by atomic mass is 35.5. The fraction of sp³-hybridized carbons (Fsp3) is 0.562. The van der Waals surface area contributed by atoms with E-state index in [2.05, 4.69) is 18.8 Å². The Bertz CT molecular complexity index is 469. The summed E-state index contributed by atoms with van der Waals surface area (Å²) in [6, 6.07) is 7.86. The average Bonchev–Trinajstić information content (AvgIpc) is 2.80. The van der Waals surface area contributed by atoms with Crippen LogP contribution in [0.15, 0.2) is 28.7 Å². The summed E-state index contributed by atoms with van der Waals surface area (Å²) in [5.41, 5.74) is 1.77. The topological polar surface area (TPSA) is 26.0 Å². The smallest absolute Gasteiger partial charge is 0.196 e. The predicted octanol–water partition coefficient (Wildman–Crippen LogP) is 5.19. The lowest BCUT2D eigenvalue weighted by molar-refractivity contribution is 0.397. The number of para-hydroxylation sites is 2. The summed E-state index contributed by atoms with van der Waals surface area (Å²) in [5, 5.41) is 0.118. The van der Waals surface area contributed by atoms with Crippen molar-refractivity contribution in [2.45, 2.75) is 51.3 Å². The SMILES string of the molecule is CCCC(CCC)C(Cl)Cc1nc2ccccc2o1. The van der Waals surface area contributed by atoms with Crippen LogP contribution in [0.25, 0.3) is 11.1 Å². The van der Waals surface area contributed by atoms with Gasteiger partial charge in [0.25, 0.3) is 0 Å². The largest absolute Gasteiger partial charge is 0.441 e. The molecule has 0 saturated heterocycles. The van der Waals surface area contributed by atoms with Gasteiger partial charge in [-0.2, -0.15) is 0 Å². The maximum atomic E-state index is 6.57. The molecule has 0 fully saturated rings. The van der Waals surface area contributed by atoms with E-state index < -0.39 is 0 Å². The summed E-state index contributed by atoms with van der Waals surface area (Å²) in [4.78, 5) is 4.50. The van der Waals surface area contributed by atoms with Gasteiger partial charge in [-0.3, -0.25) is 0 Å². The molecular formula is C16H22ClNO. The highest BCUT2D eigenvalue weighted by molar-refractivity contribution is 6.20. The molecule has 0 aliphatic rings. The molecule has 1 heterocycles. The van der Waals surface area contributed by atoms with E-state index in [-0.39, 0.29) is 5.38 Å². The molecule has 0 radical (unpaired) electrons. The minimum absolute atomic E-state index is 0.118. The molecule has 0 N–H and O–H groups in total. The lowest BCUT2D eigenvalue weighted by atomic mass is 9.93. The molecule has 2 rings (SSSR count). The second-order valence-corrected chi connectivity index (χ2v) is 5.69. The zero-order valence-electron chi connectivity index (χ0n) is 11.7. The Balaban J connectivity index is 2.05. The Morgan fingerprint density at radius 3 is 2.47 bits per heavy atom. The lowest BCUT2D eigenvalue weighted by Crippen LogP contribution is -2.17. The number of hydrogen-bond donors (Lipinski definition) is 0. The second-order valence-electron chi connectivity index (χ2n) is 5.13. The molecule has 0 spiro atoms. The van der Waals surface area contributed by atoms with Gasteiger partial charge in [-0.25, -0.2) is 4.98 Å². The minimum atomic E-state index is 0.118. The quantitative estimate of drug-likeness (QED) is 0.652. The Kier molecular flexibility index (Phi) is 5.26. The second kappa shape index (κ2) is 6.95. The van der Waals surface area contributed by atoms with E-state index in [1.807, 2.05) is 24.3 Å². The number of halogens is 1. The van der Waals surface area contributed by atoms with Crippen molar-refractivity contribution in [2.24, 2.45) is 5.92 Å². The van der Waals surface area contributed by atoms with Crippen molar-refractivity contribution in [2.75, 3.05) is 0 Å². The van der Waals surface area contributed by atoms with Crippen LogP contribution in [0, 0.1) is 5.92 Å². The highest BCUT2D eigenvalue weighted by Gasteiger charge is 2.20. The number of rotatable bonds is 7. The Labute approximate surface area is 120 Å². The van der Waals surface area contributed by atoms with Crippen molar-refractivity contribution in [1.29, 1.82) is 0 Å². The summed E-state index contributed by atoms with van der Waals surface area (Å²) in [6.45, 7) is 4.43. The van der Waals surface area contributed by atoms with Crippen molar-refractivity contribution in [3.63, 3.8) is 0 Å². The van der Waals surface area contributed by atoms with Gasteiger partial charge in [0.2, 0.25) is 0 Å². The molecule has 2 aromatic rings. The van der Waals surface area contributed by atoms with Gasteiger partial charge in [-0.15, -0.1) is 11.6 Å². The van der Waals surface area contributed by atoms with Crippen LogP contribution in [0.3, 0.4) is 0 Å². The molecule has 0 bridgehead atoms. The zero-order chi connectivity index (χ0) is 13.7. The van der Waals surface area contributed by atoms with Crippen LogP contribution in [0.5, 0.6) is 0 Å². The van der Waals surface area contributed by atoms with Crippen LogP contribution >= 0.6 is 11.6 Å². The van der Waals surface area contributed by atoms with E-state index in [9.17, 15) is 0 Å². The van der Waals surface area contributed by atoms with Gasteiger partial charge in [0.05, 0.1) is 0 Å². The number of alkyl halides is 1. The molecule has 0 aliphatic carbocycles. The van der Waals surface area contributed by atoms with Crippen molar-refractivity contribution >= 4 is 22.7 Å². The first kappa shape index (κ1) is 14.4. The molecule has 0 amide bonds. The summed E-state index contributed by atoms with van der Waals surface area (Å²) in [5.74, 6) is 1.32. The number of nitrogens with zero attached hydrogens (tertiary/aromatic N) is 1. The molecule has 1 aromatic carbocycles. The maximum Gasteiger partial charge on any atom is 0.196 e. The van der Waals surface area contributed by atoms with Crippen LogP contribution in [-0.2, 0) is 6.42 Å². The number of fused-ring (bicyclic) bond motifs is 1. The van der Waals surface area contributed by atoms with Gasteiger partial charge >= 0.3 is 0 Å². The molecule has 2 nitrogen and oxygen atoms in total. The molecule has 104 valence electrons. The van der Waals surface area contributed by atoms with Gasteiger partial charge in [0.1, 0.15) is 5.52 Å². The van der Waals surface area contributed by atoms with Gasteiger partial charge in [0, 0.05) is 11.8 Å². The third-order valence-electron chi connectivity index (χ3n) is 3.54. The summed E-state index contributed by atoms with van der Waals surface area (Å²) in [6.07, 6.45) is 5.45. The number of aromatic nitrogens is 1. The van der Waals surface area contributed by atoms with E-state index in [0.717, 1.165) is 23.4 Å². The van der Waals surface area contributed by atoms with Crippen LogP contribution in [0.4, 0.5) is 0 Å². The predicted molar refractivity (Wildman–Crippen MR) is 80.7 cm³/mol. The molecule has 0 aliphatic heterocycles. The molecule has 1 atom stereocenters. The van der Waals surface area contributed by atoms with Crippen molar-refractivity contribution in [3.05, 3.63) is 30.2 Å². The summed E-state index contributed by atoms with van der Waals surface area (Å²) < 4.78 is 5.75. The average molecular weight is 280 g/mol. The lowest BCUT2D eigenvalue weighted by Gasteiger charge is -2.20. The highest BCUT2D eigenvalue weighted by Crippen LogP contribution is 2.26. The number of hydrogen-bond acceptors (Lipinski definition) is 2. The molecule has 0 saturated carbocycles. The normalized spacial score (nSPS) is 13.3. The summed E-state index contributed by atoms with van der Waals surface area (Å²) in [7, 11) is 0. The maximum absolute atomic E-state index is 6.57. The third kappa shape index (κ3) is 3.73. The van der Waals surface area contributed by atoms with E-state index in [1.165, 1.54) is 25.7 Å². The van der Waals surface area contributed by atoms with Gasteiger partial charge < -0.3 is 4.42 Å². The van der Waals surface area contributed by atoms with E-state index >= 15 is 0 Å². The van der Waals surface area contributed by atoms with Crippen molar-refractivity contribution in [3.8, 4) is 0 Å².